The van der Waals surface area contributed by atoms with Crippen LogP contribution < -0.4 is 10.6 Å². The lowest BCUT2D eigenvalue weighted by Gasteiger charge is -2.33. The van der Waals surface area contributed by atoms with Crippen LogP contribution in [0.5, 0.6) is 0 Å². The van der Waals surface area contributed by atoms with Gasteiger partial charge in [0.25, 0.3) is 0 Å². The van der Waals surface area contributed by atoms with E-state index < -0.39 is 0 Å². The quantitative estimate of drug-likeness (QED) is 0.776. The van der Waals surface area contributed by atoms with Gasteiger partial charge in [-0.15, -0.1) is 0 Å². The molecule has 0 aromatic heterocycles. The standard InChI is InChI=1S/C15H30N2S/c1-12(11-18-2)10-17-15-8-5-6-13(15)14-7-3-4-9-16-14/h12-17H,3-11H2,1-2H3. The molecule has 1 saturated carbocycles. The van der Waals surface area contributed by atoms with E-state index in [9.17, 15) is 0 Å². The van der Waals surface area contributed by atoms with E-state index in [0.29, 0.717) is 0 Å². The van der Waals surface area contributed by atoms with E-state index in [0.717, 1.165) is 23.9 Å². The number of rotatable bonds is 6. The zero-order valence-corrected chi connectivity index (χ0v) is 12.9. The van der Waals surface area contributed by atoms with Gasteiger partial charge in [0.05, 0.1) is 0 Å². The molecule has 2 fully saturated rings. The van der Waals surface area contributed by atoms with E-state index in [4.69, 9.17) is 0 Å². The molecule has 0 radical (unpaired) electrons. The topological polar surface area (TPSA) is 24.1 Å². The molecule has 0 aromatic rings. The van der Waals surface area contributed by atoms with E-state index in [2.05, 4.69) is 23.8 Å². The Morgan fingerprint density at radius 2 is 2.11 bits per heavy atom. The summed E-state index contributed by atoms with van der Waals surface area (Å²) in [4.78, 5) is 0. The van der Waals surface area contributed by atoms with Crippen LogP contribution in [-0.4, -0.2) is 37.2 Å². The molecule has 2 N–H and O–H groups in total. The fourth-order valence-corrected chi connectivity index (χ4v) is 4.35. The average Bonchev–Trinajstić information content (AvgIpc) is 2.86. The molecular weight excluding hydrogens is 240 g/mol. The lowest BCUT2D eigenvalue weighted by atomic mass is 9.88. The van der Waals surface area contributed by atoms with Gasteiger partial charge in [-0.05, 0) is 62.6 Å². The van der Waals surface area contributed by atoms with Gasteiger partial charge in [-0.2, -0.15) is 11.8 Å². The molecule has 4 unspecified atom stereocenters. The van der Waals surface area contributed by atoms with E-state index in [1.807, 2.05) is 11.8 Å². The van der Waals surface area contributed by atoms with Gasteiger partial charge in [0, 0.05) is 12.1 Å². The average molecular weight is 270 g/mol. The normalized spacial score (nSPS) is 34.7. The van der Waals surface area contributed by atoms with Gasteiger partial charge >= 0.3 is 0 Å². The van der Waals surface area contributed by atoms with E-state index in [1.165, 1.54) is 57.4 Å². The summed E-state index contributed by atoms with van der Waals surface area (Å²) in [6.45, 7) is 4.82. The summed E-state index contributed by atoms with van der Waals surface area (Å²) in [6.07, 6.45) is 10.7. The predicted octanol–water partition coefficient (Wildman–Crippen LogP) is 2.89. The van der Waals surface area contributed by atoms with Crippen LogP contribution in [0.3, 0.4) is 0 Å². The number of thioether (sulfide) groups is 1. The Bertz CT molecular complexity index is 229. The Morgan fingerprint density at radius 3 is 2.83 bits per heavy atom. The number of hydrogen-bond acceptors (Lipinski definition) is 3. The second-order valence-corrected chi connectivity index (χ2v) is 7.14. The minimum atomic E-state index is 0.782. The van der Waals surface area contributed by atoms with Gasteiger partial charge < -0.3 is 10.6 Å². The molecule has 0 amide bonds. The molecule has 1 saturated heterocycles. The van der Waals surface area contributed by atoms with Gasteiger partial charge in [0.2, 0.25) is 0 Å². The molecule has 0 spiro atoms. The van der Waals surface area contributed by atoms with E-state index in [1.54, 1.807) is 0 Å². The number of hydrogen-bond donors (Lipinski definition) is 2. The lowest BCUT2D eigenvalue weighted by Crippen LogP contribution is -2.47. The van der Waals surface area contributed by atoms with Gasteiger partial charge in [0.15, 0.2) is 0 Å². The maximum atomic E-state index is 3.86. The van der Waals surface area contributed by atoms with Crippen molar-refractivity contribution < 1.29 is 0 Å². The first-order chi connectivity index (χ1) is 8.81. The molecule has 106 valence electrons. The molecule has 1 aliphatic carbocycles. The van der Waals surface area contributed by atoms with Gasteiger partial charge in [-0.1, -0.05) is 19.8 Å². The Labute approximate surface area is 117 Å². The van der Waals surface area contributed by atoms with Crippen LogP contribution in [0.1, 0.15) is 45.4 Å². The van der Waals surface area contributed by atoms with Crippen LogP contribution in [-0.2, 0) is 0 Å². The summed E-state index contributed by atoms with van der Waals surface area (Å²) in [5, 5.41) is 7.62. The maximum Gasteiger partial charge on any atom is 0.0110 e. The third-order valence-electron chi connectivity index (χ3n) is 4.61. The molecule has 2 aliphatic rings. The zero-order chi connectivity index (χ0) is 12.8. The van der Waals surface area contributed by atoms with Gasteiger partial charge in [0.1, 0.15) is 0 Å². The summed E-state index contributed by atoms with van der Waals surface area (Å²) in [7, 11) is 0. The Kier molecular flexibility index (Phi) is 6.33. The Hall–Kier alpha value is 0.270. The molecular formula is C15H30N2S. The molecule has 3 heteroatoms. The third-order valence-corrected chi connectivity index (χ3v) is 5.52. The predicted molar refractivity (Wildman–Crippen MR) is 82.3 cm³/mol. The fourth-order valence-electron chi connectivity index (χ4n) is 3.66. The largest absolute Gasteiger partial charge is 0.314 e. The Balaban J connectivity index is 1.76. The molecule has 0 aromatic carbocycles. The highest BCUT2D eigenvalue weighted by molar-refractivity contribution is 7.98. The van der Waals surface area contributed by atoms with Crippen molar-refractivity contribution >= 4 is 11.8 Å². The van der Waals surface area contributed by atoms with Crippen molar-refractivity contribution in [3.63, 3.8) is 0 Å². The third kappa shape index (κ3) is 4.14. The first-order valence-electron chi connectivity index (χ1n) is 7.77. The number of piperidine rings is 1. The molecule has 2 nitrogen and oxygen atoms in total. The second-order valence-electron chi connectivity index (χ2n) is 6.23. The Morgan fingerprint density at radius 1 is 1.22 bits per heavy atom. The molecule has 1 heterocycles. The summed E-state index contributed by atoms with van der Waals surface area (Å²) in [5.74, 6) is 2.99. The fraction of sp³-hybridized carbons (Fsp3) is 1.00. The summed E-state index contributed by atoms with van der Waals surface area (Å²) in [5.41, 5.74) is 0. The molecule has 2 rings (SSSR count). The van der Waals surface area contributed by atoms with Crippen molar-refractivity contribution in [1.29, 1.82) is 0 Å². The van der Waals surface area contributed by atoms with Crippen LogP contribution in [0, 0.1) is 11.8 Å². The second kappa shape index (κ2) is 7.76. The summed E-state index contributed by atoms with van der Waals surface area (Å²) < 4.78 is 0. The SMILES string of the molecule is CSCC(C)CNC1CCCC1C1CCCCN1. The van der Waals surface area contributed by atoms with Crippen molar-refractivity contribution in [2.24, 2.45) is 11.8 Å². The first-order valence-corrected chi connectivity index (χ1v) is 9.16. The molecule has 1 aliphatic heterocycles. The van der Waals surface area contributed by atoms with Crippen LogP contribution in [0.25, 0.3) is 0 Å². The number of nitrogens with one attached hydrogen (secondary N) is 2. The highest BCUT2D eigenvalue weighted by Crippen LogP contribution is 2.31. The summed E-state index contributed by atoms with van der Waals surface area (Å²) >= 11 is 1.97. The highest BCUT2D eigenvalue weighted by atomic mass is 32.2. The summed E-state index contributed by atoms with van der Waals surface area (Å²) in [6, 6.07) is 1.58. The maximum absolute atomic E-state index is 3.86. The van der Waals surface area contributed by atoms with Crippen LogP contribution in [0.4, 0.5) is 0 Å². The monoisotopic (exact) mass is 270 g/mol. The van der Waals surface area contributed by atoms with Crippen molar-refractivity contribution in [1.82, 2.24) is 10.6 Å². The molecule has 0 bridgehead atoms. The van der Waals surface area contributed by atoms with Gasteiger partial charge in [-0.25, -0.2) is 0 Å². The van der Waals surface area contributed by atoms with Crippen LogP contribution in [0.2, 0.25) is 0 Å². The zero-order valence-electron chi connectivity index (χ0n) is 12.1. The minimum absolute atomic E-state index is 0.782. The van der Waals surface area contributed by atoms with Crippen molar-refractivity contribution in [3.05, 3.63) is 0 Å². The lowest BCUT2D eigenvalue weighted by molar-refractivity contribution is 0.254. The first kappa shape index (κ1) is 14.7. The van der Waals surface area contributed by atoms with E-state index >= 15 is 0 Å². The molecule has 4 atom stereocenters. The van der Waals surface area contributed by atoms with Crippen molar-refractivity contribution in [2.75, 3.05) is 25.1 Å². The van der Waals surface area contributed by atoms with Crippen molar-refractivity contribution in [2.45, 2.75) is 57.5 Å². The van der Waals surface area contributed by atoms with E-state index in [-0.39, 0.29) is 0 Å². The van der Waals surface area contributed by atoms with Crippen molar-refractivity contribution in [3.8, 4) is 0 Å². The smallest absolute Gasteiger partial charge is 0.0110 e. The minimum Gasteiger partial charge on any atom is -0.314 e. The molecule has 18 heavy (non-hydrogen) atoms. The van der Waals surface area contributed by atoms with Crippen LogP contribution in [0.15, 0.2) is 0 Å². The van der Waals surface area contributed by atoms with Gasteiger partial charge in [-0.3, -0.25) is 0 Å². The highest BCUT2D eigenvalue weighted by Gasteiger charge is 2.33. The van der Waals surface area contributed by atoms with Crippen LogP contribution >= 0.6 is 11.8 Å².